The maximum absolute atomic E-state index is 12.8. The van der Waals surface area contributed by atoms with Crippen molar-refractivity contribution in [2.45, 2.75) is 57.5 Å². The second-order valence-corrected chi connectivity index (χ2v) is 8.17. The summed E-state index contributed by atoms with van der Waals surface area (Å²) in [6.45, 7) is 6.62. The molecule has 1 unspecified atom stereocenters. The summed E-state index contributed by atoms with van der Waals surface area (Å²) in [5, 5.41) is 22.7. The molecule has 0 radical (unpaired) electrons. The summed E-state index contributed by atoms with van der Waals surface area (Å²) in [6.07, 6.45) is 1.31. The van der Waals surface area contributed by atoms with Crippen LogP contribution >= 0.6 is 0 Å². The standard InChI is InChI=1S/C19H26N2O4/c1-17(2,3)19(13-5-7-14(22)8-6-13)11-10-18(21(19)16(24)25)9-4-12-20-15(18)23/h5-8,22H,4,9-12H2,1-3H3,(H,20,23)(H,24,25)/t18-,19?/m0/s1. The number of phenolic OH excluding ortho intramolecular Hbond substituents is 1. The van der Waals surface area contributed by atoms with E-state index in [4.69, 9.17) is 0 Å². The van der Waals surface area contributed by atoms with Gasteiger partial charge in [-0.25, -0.2) is 4.79 Å². The van der Waals surface area contributed by atoms with E-state index in [1.54, 1.807) is 24.3 Å². The van der Waals surface area contributed by atoms with Gasteiger partial charge in [-0.2, -0.15) is 0 Å². The second-order valence-electron chi connectivity index (χ2n) is 8.17. The van der Waals surface area contributed by atoms with Crippen LogP contribution in [0.4, 0.5) is 4.79 Å². The summed E-state index contributed by atoms with van der Waals surface area (Å²) >= 11 is 0. The van der Waals surface area contributed by atoms with E-state index in [2.05, 4.69) is 5.32 Å². The van der Waals surface area contributed by atoms with E-state index in [-0.39, 0.29) is 11.7 Å². The number of nitrogens with zero attached hydrogens (tertiary/aromatic N) is 1. The van der Waals surface area contributed by atoms with Crippen LogP contribution in [0.2, 0.25) is 0 Å². The van der Waals surface area contributed by atoms with E-state index in [0.29, 0.717) is 25.8 Å². The molecule has 2 aliphatic rings. The number of piperidine rings is 1. The molecule has 25 heavy (non-hydrogen) atoms. The Labute approximate surface area is 147 Å². The fraction of sp³-hybridized carbons (Fsp3) is 0.579. The normalized spacial score (nSPS) is 29.7. The van der Waals surface area contributed by atoms with E-state index in [9.17, 15) is 19.8 Å². The minimum absolute atomic E-state index is 0.137. The number of hydrogen-bond donors (Lipinski definition) is 3. The molecule has 2 amide bonds. The predicted molar refractivity (Wildman–Crippen MR) is 93.3 cm³/mol. The van der Waals surface area contributed by atoms with Crippen molar-refractivity contribution in [2.24, 2.45) is 5.41 Å². The van der Waals surface area contributed by atoms with Crippen LogP contribution in [0.1, 0.15) is 52.0 Å². The highest BCUT2D eigenvalue weighted by Gasteiger charge is 2.65. The first kappa shape index (κ1) is 17.6. The molecular weight excluding hydrogens is 320 g/mol. The third-order valence-electron chi connectivity index (χ3n) is 5.96. The summed E-state index contributed by atoms with van der Waals surface area (Å²) in [4.78, 5) is 26.6. The third kappa shape index (κ3) is 2.38. The Balaban J connectivity index is 2.23. The van der Waals surface area contributed by atoms with E-state index in [0.717, 1.165) is 12.0 Å². The molecule has 1 aromatic carbocycles. The van der Waals surface area contributed by atoms with Crippen molar-refractivity contribution in [3.63, 3.8) is 0 Å². The average Bonchev–Trinajstić information content (AvgIpc) is 2.88. The number of aromatic hydroxyl groups is 1. The molecule has 0 bridgehead atoms. The van der Waals surface area contributed by atoms with Crippen molar-refractivity contribution in [1.29, 1.82) is 0 Å². The second kappa shape index (κ2) is 5.64. The largest absolute Gasteiger partial charge is 0.508 e. The first-order valence-electron chi connectivity index (χ1n) is 8.76. The zero-order valence-corrected chi connectivity index (χ0v) is 15.0. The van der Waals surface area contributed by atoms with Gasteiger partial charge in [-0.1, -0.05) is 32.9 Å². The molecular formula is C19H26N2O4. The number of nitrogens with one attached hydrogen (secondary N) is 1. The molecule has 2 atom stereocenters. The van der Waals surface area contributed by atoms with Crippen LogP contribution in [0.5, 0.6) is 5.75 Å². The average molecular weight is 346 g/mol. The van der Waals surface area contributed by atoms with E-state index in [1.807, 2.05) is 20.8 Å². The Morgan fingerprint density at radius 3 is 2.32 bits per heavy atom. The van der Waals surface area contributed by atoms with Gasteiger partial charge in [0.25, 0.3) is 0 Å². The molecule has 0 aliphatic carbocycles. The summed E-state index contributed by atoms with van der Waals surface area (Å²) in [5.41, 5.74) is -1.46. The fourth-order valence-corrected chi connectivity index (χ4v) is 4.79. The number of hydrogen-bond acceptors (Lipinski definition) is 3. The van der Waals surface area contributed by atoms with Gasteiger partial charge in [-0.15, -0.1) is 0 Å². The lowest BCUT2D eigenvalue weighted by Crippen LogP contribution is -2.66. The van der Waals surface area contributed by atoms with Gasteiger partial charge in [0.05, 0.1) is 5.54 Å². The van der Waals surface area contributed by atoms with Crippen LogP contribution < -0.4 is 5.32 Å². The van der Waals surface area contributed by atoms with Gasteiger partial charge < -0.3 is 15.5 Å². The first-order valence-corrected chi connectivity index (χ1v) is 8.76. The number of phenols is 1. The zero-order chi connectivity index (χ0) is 18.5. The Kier molecular flexibility index (Phi) is 3.97. The fourth-order valence-electron chi connectivity index (χ4n) is 4.79. The lowest BCUT2D eigenvalue weighted by molar-refractivity contribution is -0.138. The van der Waals surface area contributed by atoms with Gasteiger partial charge in [-0.05, 0) is 48.8 Å². The highest BCUT2D eigenvalue weighted by Crippen LogP contribution is 2.58. The van der Waals surface area contributed by atoms with Gasteiger partial charge >= 0.3 is 6.09 Å². The highest BCUT2D eigenvalue weighted by molar-refractivity contribution is 5.91. The highest BCUT2D eigenvalue weighted by atomic mass is 16.4. The van der Waals surface area contributed by atoms with Crippen LogP contribution in [0.15, 0.2) is 24.3 Å². The van der Waals surface area contributed by atoms with Crippen LogP contribution in [-0.4, -0.2) is 39.2 Å². The number of likely N-dealkylation sites (tertiary alicyclic amines) is 1. The maximum atomic E-state index is 12.8. The zero-order valence-electron chi connectivity index (χ0n) is 15.0. The summed E-state index contributed by atoms with van der Waals surface area (Å²) in [6, 6.07) is 6.70. The minimum atomic E-state index is -1.07. The Morgan fingerprint density at radius 2 is 1.80 bits per heavy atom. The molecule has 2 fully saturated rings. The van der Waals surface area contributed by atoms with Crippen LogP contribution in [0.3, 0.4) is 0 Å². The molecule has 1 spiro atoms. The van der Waals surface area contributed by atoms with E-state index >= 15 is 0 Å². The van der Waals surface area contributed by atoms with Gasteiger partial charge in [0.2, 0.25) is 5.91 Å². The number of carbonyl (C=O) groups excluding carboxylic acids is 1. The number of carboxylic acid groups (broad SMARTS) is 1. The molecule has 6 heteroatoms. The molecule has 2 aliphatic heterocycles. The van der Waals surface area contributed by atoms with E-state index < -0.39 is 22.6 Å². The van der Waals surface area contributed by atoms with E-state index in [1.165, 1.54) is 4.90 Å². The Morgan fingerprint density at radius 1 is 1.16 bits per heavy atom. The third-order valence-corrected chi connectivity index (χ3v) is 5.96. The summed E-state index contributed by atoms with van der Waals surface area (Å²) in [5.74, 6) is -0.0520. The molecule has 6 nitrogen and oxygen atoms in total. The summed E-state index contributed by atoms with van der Waals surface area (Å²) < 4.78 is 0. The topological polar surface area (TPSA) is 89.9 Å². The van der Waals surface area contributed by atoms with Crippen molar-refractivity contribution >= 4 is 12.0 Å². The van der Waals surface area contributed by atoms with Crippen molar-refractivity contribution in [3.05, 3.63) is 29.8 Å². The summed E-state index contributed by atoms with van der Waals surface area (Å²) in [7, 11) is 0. The SMILES string of the molecule is CC(C)(C)C1(c2ccc(O)cc2)CC[C@]2(CCCNC2=O)N1C(=O)O. The van der Waals surface area contributed by atoms with Gasteiger partial charge in [0.1, 0.15) is 11.3 Å². The molecule has 0 saturated carbocycles. The van der Waals surface area contributed by atoms with Crippen LogP contribution in [0, 0.1) is 5.41 Å². The van der Waals surface area contributed by atoms with Crippen molar-refractivity contribution in [1.82, 2.24) is 10.2 Å². The molecule has 1 aromatic rings. The Hall–Kier alpha value is -2.24. The molecule has 0 aromatic heterocycles. The first-order chi connectivity index (χ1) is 11.6. The lowest BCUT2D eigenvalue weighted by Gasteiger charge is -2.52. The minimum Gasteiger partial charge on any atom is -0.508 e. The smallest absolute Gasteiger partial charge is 0.408 e. The number of benzene rings is 1. The van der Waals surface area contributed by atoms with Gasteiger partial charge in [-0.3, -0.25) is 9.69 Å². The van der Waals surface area contributed by atoms with Crippen molar-refractivity contribution < 1.29 is 19.8 Å². The van der Waals surface area contributed by atoms with Crippen LogP contribution in [0.25, 0.3) is 0 Å². The van der Waals surface area contributed by atoms with Gasteiger partial charge in [0, 0.05) is 6.54 Å². The van der Waals surface area contributed by atoms with Crippen molar-refractivity contribution in [3.8, 4) is 5.75 Å². The van der Waals surface area contributed by atoms with Crippen molar-refractivity contribution in [2.75, 3.05) is 6.54 Å². The molecule has 3 N–H and O–H groups in total. The maximum Gasteiger partial charge on any atom is 0.408 e. The molecule has 136 valence electrons. The quantitative estimate of drug-likeness (QED) is 0.729. The lowest BCUT2D eigenvalue weighted by atomic mass is 9.67. The molecule has 2 saturated heterocycles. The van der Waals surface area contributed by atoms with Crippen LogP contribution in [-0.2, 0) is 10.3 Å². The predicted octanol–water partition coefficient (Wildman–Crippen LogP) is 3.06. The number of amides is 2. The Bertz CT molecular complexity index is 694. The molecule has 2 heterocycles. The number of rotatable bonds is 1. The molecule has 3 rings (SSSR count). The number of carbonyl (C=O) groups is 2. The monoisotopic (exact) mass is 346 g/mol. The van der Waals surface area contributed by atoms with Gasteiger partial charge in [0.15, 0.2) is 0 Å².